The van der Waals surface area contributed by atoms with E-state index >= 15 is 0 Å². The van der Waals surface area contributed by atoms with Gasteiger partial charge in [-0.15, -0.1) is 0 Å². The molecule has 2 N–H and O–H groups in total. The summed E-state index contributed by atoms with van der Waals surface area (Å²) in [5.41, 5.74) is 2.79. The Balaban J connectivity index is 1.43. The molecule has 4 aromatic rings. The van der Waals surface area contributed by atoms with Crippen LogP contribution >= 0.6 is 0 Å². The average Bonchev–Trinajstić information content (AvgIpc) is 2.90. The highest BCUT2D eigenvalue weighted by Crippen LogP contribution is 2.29. The topological polar surface area (TPSA) is 120 Å². The number of benzene rings is 2. The Labute approximate surface area is 202 Å². The molecule has 0 radical (unpaired) electrons. The number of H-pyrrole nitrogens is 1. The van der Waals surface area contributed by atoms with Crippen LogP contribution in [0.3, 0.4) is 0 Å². The van der Waals surface area contributed by atoms with Crippen LogP contribution in [0.2, 0.25) is 0 Å². The molecule has 1 saturated heterocycles. The van der Waals surface area contributed by atoms with E-state index in [4.69, 9.17) is 10.00 Å². The minimum atomic E-state index is -0.362. The molecule has 0 unspecified atom stereocenters. The Morgan fingerprint density at radius 2 is 1.97 bits per heavy atom. The van der Waals surface area contributed by atoms with E-state index < -0.39 is 0 Å². The Bertz CT molecular complexity index is 1440. The van der Waals surface area contributed by atoms with Gasteiger partial charge in [-0.25, -0.2) is 15.1 Å². The molecule has 0 saturated carbocycles. The molecular formula is C26H25N7O2. The highest BCUT2D eigenvalue weighted by atomic mass is 16.5. The van der Waals surface area contributed by atoms with E-state index in [0.717, 1.165) is 42.9 Å². The van der Waals surface area contributed by atoms with E-state index in [1.54, 1.807) is 7.11 Å². The molecule has 2 aromatic carbocycles. The lowest BCUT2D eigenvalue weighted by Gasteiger charge is -2.32. The number of nitrogens with zero attached hydrogens (tertiary/aromatic N) is 5. The van der Waals surface area contributed by atoms with Crippen molar-refractivity contribution in [3.63, 3.8) is 0 Å². The van der Waals surface area contributed by atoms with E-state index in [9.17, 15) is 4.79 Å². The molecule has 0 amide bonds. The molecule has 3 heterocycles. The molecule has 0 bridgehead atoms. The third-order valence-electron chi connectivity index (χ3n) is 6.33. The summed E-state index contributed by atoms with van der Waals surface area (Å²) in [6.07, 6.45) is 4.22. The number of ether oxygens (including phenoxy) is 1. The Hall–Kier alpha value is -4.45. The van der Waals surface area contributed by atoms with Crippen molar-refractivity contribution in [1.29, 1.82) is 5.26 Å². The van der Waals surface area contributed by atoms with Gasteiger partial charge in [-0.05, 0) is 55.2 Å². The van der Waals surface area contributed by atoms with Gasteiger partial charge in [0.2, 0.25) is 0 Å². The van der Waals surface area contributed by atoms with Crippen LogP contribution < -0.4 is 20.5 Å². The van der Waals surface area contributed by atoms with Gasteiger partial charge in [-0.2, -0.15) is 10.4 Å². The smallest absolute Gasteiger partial charge is 0.277 e. The van der Waals surface area contributed by atoms with Crippen molar-refractivity contribution in [3.05, 3.63) is 65.1 Å². The Morgan fingerprint density at radius 1 is 1.17 bits per heavy atom. The molecule has 5 rings (SSSR count). The second-order valence-electron chi connectivity index (χ2n) is 8.55. The first-order valence-electron chi connectivity index (χ1n) is 11.5. The number of aromatic nitrogens is 4. The minimum Gasteiger partial charge on any atom is -0.497 e. The van der Waals surface area contributed by atoms with Gasteiger partial charge in [0.25, 0.3) is 5.56 Å². The molecule has 35 heavy (non-hydrogen) atoms. The van der Waals surface area contributed by atoms with E-state index in [1.807, 2.05) is 36.4 Å². The number of rotatable bonds is 6. The van der Waals surface area contributed by atoms with Gasteiger partial charge < -0.3 is 15.0 Å². The number of anilines is 3. The van der Waals surface area contributed by atoms with Gasteiger partial charge in [0.15, 0.2) is 5.82 Å². The summed E-state index contributed by atoms with van der Waals surface area (Å²) in [5.74, 6) is 2.05. The maximum atomic E-state index is 12.6. The van der Waals surface area contributed by atoms with Crippen LogP contribution in [-0.4, -0.2) is 40.4 Å². The molecule has 9 heteroatoms. The molecule has 0 atom stereocenters. The van der Waals surface area contributed by atoms with Gasteiger partial charge in [0, 0.05) is 36.4 Å². The number of nitriles is 1. The zero-order chi connectivity index (χ0) is 24.2. The Morgan fingerprint density at radius 3 is 2.71 bits per heavy atom. The summed E-state index contributed by atoms with van der Waals surface area (Å²) >= 11 is 0. The maximum Gasteiger partial charge on any atom is 0.277 e. The fourth-order valence-electron chi connectivity index (χ4n) is 4.40. The van der Waals surface area contributed by atoms with Gasteiger partial charge in [0.1, 0.15) is 22.5 Å². The molecule has 0 aliphatic carbocycles. The lowest BCUT2D eigenvalue weighted by atomic mass is 9.94. The molecule has 0 spiro atoms. The van der Waals surface area contributed by atoms with Crippen LogP contribution in [0, 0.1) is 17.2 Å². The highest BCUT2D eigenvalue weighted by molar-refractivity contribution is 5.91. The predicted octanol–water partition coefficient (Wildman–Crippen LogP) is 4.26. The van der Waals surface area contributed by atoms with Crippen molar-refractivity contribution in [2.45, 2.75) is 19.3 Å². The third kappa shape index (κ3) is 4.77. The molecule has 1 aliphatic rings. The third-order valence-corrected chi connectivity index (χ3v) is 6.33. The fraction of sp³-hybridized carbons (Fsp3) is 0.269. The average molecular weight is 468 g/mol. The van der Waals surface area contributed by atoms with Gasteiger partial charge >= 0.3 is 0 Å². The maximum absolute atomic E-state index is 12.6. The zero-order valence-corrected chi connectivity index (χ0v) is 19.4. The van der Waals surface area contributed by atoms with Crippen LogP contribution in [0.5, 0.6) is 5.75 Å². The highest BCUT2D eigenvalue weighted by Gasteiger charge is 2.19. The van der Waals surface area contributed by atoms with Crippen molar-refractivity contribution in [3.8, 4) is 23.2 Å². The molecule has 9 nitrogen and oxygen atoms in total. The van der Waals surface area contributed by atoms with E-state index in [2.05, 4.69) is 48.6 Å². The number of hydrogen-bond acceptors (Lipinski definition) is 8. The fourth-order valence-corrected chi connectivity index (χ4v) is 4.40. The summed E-state index contributed by atoms with van der Waals surface area (Å²) in [6, 6.07) is 17.8. The number of aromatic amines is 1. The lowest BCUT2D eigenvalue weighted by molar-refractivity contribution is 0.413. The van der Waals surface area contributed by atoms with Crippen LogP contribution in [0.25, 0.3) is 22.3 Å². The minimum absolute atomic E-state index is 0.343. The Kier molecular flexibility index (Phi) is 6.26. The zero-order valence-electron chi connectivity index (χ0n) is 19.4. The van der Waals surface area contributed by atoms with Crippen molar-refractivity contribution in [2.75, 3.05) is 30.4 Å². The quantitative estimate of drug-likeness (QED) is 0.432. The second kappa shape index (κ2) is 9.81. The number of fused-ring (bicyclic) bond motifs is 1. The van der Waals surface area contributed by atoms with E-state index in [-0.39, 0.29) is 5.56 Å². The summed E-state index contributed by atoms with van der Waals surface area (Å²) in [7, 11) is 1.61. The monoisotopic (exact) mass is 467 g/mol. The number of nitrogens with one attached hydrogen (secondary N) is 2. The first-order chi connectivity index (χ1) is 17.1. The second-order valence-corrected chi connectivity index (χ2v) is 8.55. The number of hydrogen-bond donors (Lipinski definition) is 2. The van der Waals surface area contributed by atoms with Crippen molar-refractivity contribution in [1.82, 2.24) is 20.2 Å². The van der Waals surface area contributed by atoms with Gasteiger partial charge in [-0.1, -0.05) is 12.1 Å². The number of piperidine rings is 1. The van der Waals surface area contributed by atoms with Crippen molar-refractivity contribution in [2.24, 2.45) is 5.92 Å². The molecule has 1 fully saturated rings. The number of methoxy groups -OCH3 is 1. The van der Waals surface area contributed by atoms with Gasteiger partial charge in [0.05, 0.1) is 19.4 Å². The van der Waals surface area contributed by atoms with Crippen LogP contribution in [-0.2, 0) is 0 Å². The molecule has 2 aromatic heterocycles. The normalized spacial score (nSPS) is 14.0. The van der Waals surface area contributed by atoms with Gasteiger partial charge in [-0.3, -0.25) is 4.79 Å². The summed E-state index contributed by atoms with van der Waals surface area (Å²) in [4.78, 5) is 24.2. The van der Waals surface area contributed by atoms with E-state index in [0.29, 0.717) is 40.6 Å². The predicted molar refractivity (Wildman–Crippen MR) is 135 cm³/mol. The molecule has 176 valence electrons. The van der Waals surface area contributed by atoms with Crippen molar-refractivity contribution < 1.29 is 4.74 Å². The lowest BCUT2D eigenvalue weighted by Crippen LogP contribution is -2.33. The van der Waals surface area contributed by atoms with Crippen LogP contribution in [0.4, 0.5) is 17.2 Å². The first kappa shape index (κ1) is 22.3. The SMILES string of the molecule is COc1cccc(-c2nc(Nc3ccc(N4CCC(CC#N)CC4)cc3)c3c(=O)[nH]ncc3n2)c1. The van der Waals surface area contributed by atoms with Crippen LogP contribution in [0.1, 0.15) is 19.3 Å². The van der Waals surface area contributed by atoms with E-state index in [1.165, 1.54) is 6.20 Å². The summed E-state index contributed by atoms with van der Waals surface area (Å²) in [6.45, 7) is 1.89. The van der Waals surface area contributed by atoms with Crippen LogP contribution in [0.15, 0.2) is 59.5 Å². The first-order valence-corrected chi connectivity index (χ1v) is 11.5. The summed E-state index contributed by atoms with van der Waals surface area (Å²) < 4.78 is 5.33. The summed E-state index contributed by atoms with van der Waals surface area (Å²) in [5, 5.41) is 18.9. The standard InChI is InChI=1S/C26H25N7O2/c1-35-21-4-2-3-18(15-21)24-30-22-16-28-32-26(34)23(22)25(31-24)29-19-5-7-20(8-6-19)33-13-10-17(9-12-27)11-14-33/h2-8,15-17H,9-11,13-14H2,1H3,(H,32,34)(H,29,30,31). The molecule has 1 aliphatic heterocycles. The van der Waals surface area contributed by atoms with Crippen molar-refractivity contribution >= 4 is 28.1 Å². The molecular weight excluding hydrogens is 442 g/mol. The largest absolute Gasteiger partial charge is 0.497 e.